The van der Waals surface area contributed by atoms with Gasteiger partial charge in [-0.2, -0.15) is 0 Å². The maximum atomic E-state index is 13.1. The zero-order valence-corrected chi connectivity index (χ0v) is 16.4. The molecule has 0 aliphatic carbocycles. The maximum Gasteiger partial charge on any atom is 0.300 e. The number of benzene rings is 2. The van der Waals surface area contributed by atoms with Gasteiger partial charge in [-0.05, 0) is 36.4 Å². The van der Waals surface area contributed by atoms with E-state index in [-0.39, 0.29) is 18.1 Å². The third-order valence-electron chi connectivity index (χ3n) is 5.23. The number of ether oxygens (including phenoxy) is 3. The molecule has 2 aliphatic heterocycles. The van der Waals surface area contributed by atoms with Gasteiger partial charge in [-0.3, -0.25) is 14.5 Å². The van der Waals surface area contributed by atoms with Crippen LogP contribution in [-0.2, 0) is 9.59 Å². The first kappa shape index (κ1) is 18.8. The van der Waals surface area contributed by atoms with Crippen molar-refractivity contribution in [2.75, 3.05) is 18.8 Å². The molecule has 1 atom stereocenters. The van der Waals surface area contributed by atoms with E-state index in [9.17, 15) is 14.7 Å². The highest BCUT2D eigenvalue weighted by Crippen LogP contribution is 2.45. The molecule has 2 aromatic carbocycles. The molecule has 5 rings (SSSR count). The summed E-state index contributed by atoms with van der Waals surface area (Å²) in [7, 11) is 1.50. The number of carbonyl (C=O) groups excluding carboxylic acids is 2. The number of furan rings is 1. The van der Waals surface area contributed by atoms with Crippen LogP contribution in [0.3, 0.4) is 0 Å². The van der Waals surface area contributed by atoms with Crippen molar-refractivity contribution in [3.63, 3.8) is 0 Å². The number of aliphatic hydroxyl groups is 1. The molecule has 1 fully saturated rings. The van der Waals surface area contributed by atoms with Crippen LogP contribution >= 0.6 is 0 Å². The van der Waals surface area contributed by atoms with E-state index in [2.05, 4.69) is 0 Å². The normalized spacial score (nSPS) is 19.1. The molecule has 2 aliphatic rings. The zero-order chi connectivity index (χ0) is 21.5. The van der Waals surface area contributed by atoms with Crippen molar-refractivity contribution in [3.8, 4) is 17.2 Å². The summed E-state index contributed by atoms with van der Waals surface area (Å²) in [4.78, 5) is 27.4. The zero-order valence-electron chi connectivity index (χ0n) is 16.4. The summed E-state index contributed by atoms with van der Waals surface area (Å²) in [6.45, 7) is 0.0784. The van der Waals surface area contributed by atoms with E-state index in [0.717, 1.165) is 0 Å². The largest absolute Gasteiger partial charge is 0.507 e. The van der Waals surface area contributed by atoms with Crippen LogP contribution in [0.2, 0.25) is 0 Å². The van der Waals surface area contributed by atoms with Gasteiger partial charge >= 0.3 is 0 Å². The first-order chi connectivity index (χ1) is 15.1. The van der Waals surface area contributed by atoms with Gasteiger partial charge in [-0.1, -0.05) is 12.1 Å². The average molecular weight is 419 g/mol. The molecule has 1 unspecified atom stereocenters. The van der Waals surface area contributed by atoms with E-state index in [1.807, 2.05) is 0 Å². The first-order valence-corrected chi connectivity index (χ1v) is 9.47. The Balaban J connectivity index is 1.68. The number of nitrogens with zero attached hydrogens (tertiary/aromatic N) is 1. The average Bonchev–Trinajstić information content (AvgIpc) is 3.53. The van der Waals surface area contributed by atoms with Gasteiger partial charge < -0.3 is 23.7 Å². The van der Waals surface area contributed by atoms with Crippen LogP contribution in [0.5, 0.6) is 17.2 Å². The third-order valence-corrected chi connectivity index (χ3v) is 5.23. The molecule has 3 heterocycles. The molecule has 1 N–H and O–H groups in total. The smallest absolute Gasteiger partial charge is 0.300 e. The lowest BCUT2D eigenvalue weighted by molar-refractivity contribution is -0.132. The van der Waals surface area contributed by atoms with Crippen molar-refractivity contribution in [3.05, 3.63) is 77.8 Å². The predicted molar refractivity (Wildman–Crippen MR) is 109 cm³/mol. The van der Waals surface area contributed by atoms with Crippen LogP contribution in [0.1, 0.15) is 17.4 Å². The van der Waals surface area contributed by atoms with Crippen molar-refractivity contribution in [1.29, 1.82) is 0 Å². The number of fused-ring (bicyclic) bond motifs is 1. The number of carbonyl (C=O) groups is 2. The molecule has 0 radical (unpaired) electrons. The Labute approximate surface area is 176 Å². The van der Waals surface area contributed by atoms with Crippen molar-refractivity contribution in [1.82, 2.24) is 0 Å². The standard InChI is InChI=1S/C23H17NO7/c1-28-15-5-2-4-13(10-15)21(25)19-20(17-6-3-9-29-17)24(23(27)22(19)26)14-7-8-16-18(11-14)31-12-30-16/h2-11,20,25H,12H2,1H3/b21-19-. The van der Waals surface area contributed by atoms with Crippen LogP contribution in [0.4, 0.5) is 5.69 Å². The van der Waals surface area contributed by atoms with Crippen molar-refractivity contribution < 1.29 is 33.3 Å². The first-order valence-electron chi connectivity index (χ1n) is 9.47. The molecular formula is C23H17NO7. The quantitative estimate of drug-likeness (QED) is 0.392. The van der Waals surface area contributed by atoms with E-state index in [0.29, 0.717) is 34.3 Å². The van der Waals surface area contributed by atoms with Crippen molar-refractivity contribution in [2.45, 2.75) is 6.04 Å². The van der Waals surface area contributed by atoms with Gasteiger partial charge in [0, 0.05) is 17.3 Å². The van der Waals surface area contributed by atoms with Crippen molar-refractivity contribution >= 4 is 23.1 Å². The highest BCUT2D eigenvalue weighted by Gasteiger charge is 2.48. The van der Waals surface area contributed by atoms with Gasteiger partial charge in [0.15, 0.2) is 11.5 Å². The lowest BCUT2D eigenvalue weighted by Crippen LogP contribution is -2.29. The molecule has 0 bridgehead atoms. The molecule has 1 amide bonds. The summed E-state index contributed by atoms with van der Waals surface area (Å²) < 4.78 is 21.5. The van der Waals surface area contributed by atoms with E-state index in [1.165, 1.54) is 18.3 Å². The molecule has 0 spiro atoms. The van der Waals surface area contributed by atoms with Gasteiger partial charge in [-0.15, -0.1) is 0 Å². The minimum Gasteiger partial charge on any atom is -0.507 e. The second-order valence-electron chi connectivity index (χ2n) is 6.95. The number of rotatable bonds is 4. The van der Waals surface area contributed by atoms with E-state index < -0.39 is 17.7 Å². The molecule has 156 valence electrons. The van der Waals surface area contributed by atoms with Gasteiger partial charge in [-0.25, -0.2) is 0 Å². The summed E-state index contributed by atoms with van der Waals surface area (Å²) in [5.41, 5.74) is 0.683. The number of aliphatic hydroxyl groups excluding tert-OH is 1. The van der Waals surface area contributed by atoms with E-state index in [1.54, 1.807) is 54.6 Å². The third kappa shape index (κ3) is 3.00. The Morgan fingerprint density at radius 1 is 1.06 bits per heavy atom. The van der Waals surface area contributed by atoms with E-state index >= 15 is 0 Å². The molecule has 8 nitrogen and oxygen atoms in total. The summed E-state index contributed by atoms with van der Waals surface area (Å²) >= 11 is 0. The molecule has 8 heteroatoms. The highest BCUT2D eigenvalue weighted by molar-refractivity contribution is 6.51. The van der Waals surface area contributed by atoms with Crippen LogP contribution in [0.25, 0.3) is 5.76 Å². The maximum absolute atomic E-state index is 13.1. The van der Waals surface area contributed by atoms with Crippen LogP contribution in [0, 0.1) is 0 Å². The Hall–Kier alpha value is -4.20. The van der Waals surface area contributed by atoms with Gasteiger partial charge in [0.05, 0.1) is 18.9 Å². The lowest BCUT2D eigenvalue weighted by Gasteiger charge is -2.23. The number of hydrogen-bond donors (Lipinski definition) is 1. The summed E-state index contributed by atoms with van der Waals surface area (Å²) in [5.74, 6) is -0.0763. The van der Waals surface area contributed by atoms with Gasteiger partial charge in [0.25, 0.3) is 11.7 Å². The van der Waals surface area contributed by atoms with Crippen molar-refractivity contribution in [2.24, 2.45) is 0 Å². The van der Waals surface area contributed by atoms with Gasteiger partial charge in [0.2, 0.25) is 6.79 Å². The Kier molecular flexibility index (Phi) is 4.39. The molecule has 3 aromatic rings. The number of hydrogen-bond acceptors (Lipinski definition) is 7. The number of amides is 1. The predicted octanol–water partition coefficient (Wildman–Crippen LogP) is 3.64. The minimum atomic E-state index is -0.957. The fraction of sp³-hybridized carbons (Fsp3) is 0.130. The Morgan fingerprint density at radius 2 is 1.90 bits per heavy atom. The fourth-order valence-electron chi connectivity index (χ4n) is 3.78. The van der Waals surface area contributed by atoms with Crippen LogP contribution < -0.4 is 19.1 Å². The van der Waals surface area contributed by atoms with Crippen LogP contribution in [0.15, 0.2) is 70.9 Å². The molecule has 0 saturated carbocycles. The number of ketones is 1. The van der Waals surface area contributed by atoms with E-state index in [4.69, 9.17) is 18.6 Å². The molecule has 1 saturated heterocycles. The number of anilines is 1. The second kappa shape index (κ2) is 7.24. The monoisotopic (exact) mass is 419 g/mol. The SMILES string of the molecule is COc1cccc(/C(O)=C2/C(=O)C(=O)N(c3ccc4c(c3)OCO4)C2c2ccco2)c1. The summed E-state index contributed by atoms with van der Waals surface area (Å²) in [6.07, 6.45) is 1.45. The Bertz CT molecular complexity index is 1210. The van der Waals surface area contributed by atoms with Gasteiger partial charge in [0.1, 0.15) is 23.3 Å². The second-order valence-corrected chi connectivity index (χ2v) is 6.95. The summed E-state index contributed by atoms with van der Waals surface area (Å²) in [5, 5.41) is 11.1. The number of Topliss-reactive ketones (excluding diaryl/α,β-unsaturated/α-hetero) is 1. The molecular weight excluding hydrogens is 402 g/mol. The number of methoxy groups -OCH3 is 1. The molecule has 31 heavy (non-hydrogen) atoms. The lowest BCUT2D eigenvalue weighted by atomic mass is 9.99. The fourth-order valence-corrected chi connectivity index (χ4v) is 3.78. The Morgan fingerprint density at radius 3 is 2.68 bits per heavy atom. The summed E-state index contributed by atoms with van der Waals surface area (Å²) in [6, 6.07) is 13.9. The minimum absolute atomic E-state index is 0.0779. The molecule has 1 aromatic heterocycles. The topological polar surface area (TPSA) is 98.4 Å². The van der Waals surface area contributed by atoms with Crippen LogP contribution in [-0.4, -0.2) is 30.7 Å². The highest BCUT2D eigenvalue weighted by atomic mass is 16.7.